The summed E-state index contributed by atoms with van der Waals surface area (Å²) < 4.78 is 15.6. The SMILES string of the molecule is Cc1cc(=O)oc2cc(OCC(=O)OCC(=O)N3[C@H](C)CCC[C@H]3C)ccc12. The van der Waals surface area contributed by atoms with Crippen LogP contribution in [0, 0.1) is 6.92 Å². The lowest BCUT2D eigenvalue weighted by atomic mass is 9.97. The predicted octanol–water partition coefficient (Wildman–Crippen LogP) is 2.81. The molecule has 0 aliphatic carbocycles. The molecule has 0 unspecified atom stereocenters. The van der Waals surface area contributed by atoms with Gasteiger partial charge in [0.1, 0.15) is 11.3 Å². The van der Waals surface area contributed by atoms with E-state index in [0.29, 0.717) is 11.3 Å². The van der Waals surface area contributed by atoms with Crippen LogP contribution in [0.1, 0.15) is 38.7 Å². The average Bonchev–Trinajstić information content (AvgIpc) is 2.64. The number of carbonyl (C=O) groups excluding carboxylic acids is 2. The van der Waals surface area contributed by atoms with E-state index in [-0.39, 0.29) is 31.2 Å². The number of aryl methyl sites for hydroxylation is 1. The molecule has 1 aliphatic rings. The largest absolute Gasteiger partial charge is 0.482 e. The van der Waals surface area contributed by atoms with E-state index in [4.69, 9.17) is 13.9 Å². The Morgan fingerprint density at radius 3 is 2.57 bits per heavy atom. The predicted molar refractivity (Wildman–Crippen MR) is 103 cm³/mol. The number of hydrogen-bond acceptors (Lipinski definition) is 6. The van der Waals surface area contributed by atoms with E-state index in [0.717, 1.165) is 30.2 Å². The summed E-state index contributed by atoms with van der Waals surface area (Å²) >= 11 is 0. The first kappa shape index (κ1) is 19.9. The lowest BCUT2D eigenvalue weighted by Crippen LogP contribution is -2.49. The molecule has 1 fully saturated rings. The standard InChI is InChI=1S/C21H25NO6/c1-13-9-20(24)28-18-10-16(7-8-17(13)18)26-12-21(25)27-11-19(23)22-14(2)5-4-6-15(22)3/h7-10,14-15H,4-6,11-12H2,1-3H3/t14-,15-/m1/s1. The quantitative estimate of drug-likeness (QED) is 0.579. The normalized spacial score (nSPS) is 19.5. The zero-order valence-electron chi connectivity index (χ0n) is 16.4. The fourth-order valence-electron chi connectivity index (χ4n) is 3.71. The summed E-state index contributed by atoms with van der Waals surface area (Å²) in [6.07, 6.45) is 3.03. The zero-order valence-corrected chi connectivity index (χ0v) is 16.4. The zero-order chi connectivity index (χ0) is 20.3. The molecule has 0 radical (unpaired) electrons. The number of fused-ring (bicyclic) bond motifs is 1. The molecule has 1 aliphatic heterocycles. The summed E-state index contributed by atoms with van der Waals surface area (Å²) in [5, 5.41) is 0.796. The van der Waals surface area contributed by atoms with Gasteiger partial charge in [-0.2, -0.15) is 0 Å². The Bertz CT molecular complexity index is 924. The minimum absolute atomic E-state index is 0.155. The monoisotopic (exact) mass is 387 g/mol. The van der Waals surface area contributed by atoms with Crippen LogP contribution in [0.4, 0.5) is 0 Å². The number of benzene rings is 1. The molecular weight excluding hydrogens is 362 g/mol. The van der Waals surface area contributed by atoms with Gasteiger partial charge in [0.2, 0.25) is 0 Å². The van der Waals surface area contributed by atoms with Crippen LogP contribution in [0.5, 0.6) is 5.75 Å². The Kier molecular flexibility index (Phi) is 6.02. The molecule has 2 atom stereocenters. The summed E-state index contributed by atoms with van der Waals surface area (Å²) in [5.74, 6) is -0.435. The van der Waals surface area contributed by atoms with Gasteiger partial charge in [-0.1, -0.05) is 0 Å². The highest BCUT2D eigenvalue weighted by molar-refractivity contribution is 5.82. The number of rotatable bonds is 5. The fourth-order valence-corrected chi connectivity index (χ4v) is 3.71. The van der Waals surface area contributed by atoms with Gasteiger partial charge in [-0.05, 0) is 57.7 Å². The van der Waals surface area contributed by atoms with Crippen molar-refractivity contribution in [2.24, 2.45) is 0 Å². The Hall–Kier alpha value is -2.83. The van der Waals surface area contributed by atoms with Gasteiger partial charge in [0.05, 0.1) is 0 Å². The minimum atomic E-state index is -0.628. The third-order valence-electron chi connectivity index (χ3n) is 5.12. The number of likely N-dealkylation sites (tertiary alicyclic amines) is 1. The first-order chi connectivity index (χ1) is 13.3. The maximum atomic E-state index is 12.4. The summed E-state index contributed by atoms with van der Waals surface area (Å²) in [7, 11) is 0. The molecule has 28 heavy (non-hydrogen) atoms. The molecule has 1 saturated heterocycles. The fraction of sp³-hybridized carbons (Fsp3) is 0.476. The van der Waals surface area contributed by atoms with E-state index in [1.807, 2.05) is 20.8 Å². The maximum Gasteiger partial charge on any atom is 0.344 e. The summed E-state index contributed by atoms with van der Waals surface area (Å²) in [4.78, 5) is 37.6. The highest BCUT2D eigenvalue weighted by Crippen LogP contribution is 2.23. The van der Waals surface area contributed by atoms with Gasteiger partial charge >= 0.3 is 11.6 Å². The van der Waals surface area contributed by atoms with E-state index in [2.05, 4.69) is 0 Å². The molecule has 0 saturated carbocycles. The lowest BCUT2D eigenvalue weighted by molar-refractivity contribution is -0.156. The third-order valence-corrected chi connectivity index (χ3v) is 5.12. The number of piperidine rings is 1. The van der Waals surface area contributed by atoms with E-state index < -0.39 is 11.6 Å². The van der Waals surface area contributed by atoms with E-state index in [1.165, 1.54) is 6.07 Å². The highest BCUT2D eigenvalue weighted by Gasteiger charge is 2.29. The Labute approximate surface area is 163 Å². The third kappa shape index (κ3) is 4.52. The van der Waals surface area contributed by atoms with Crippen molar-refractivity contribution in [2.75, 3.05) is 13.2 Å². The van der Waals surface area contributed by atoms with Gasteiger partial charge in [-0.3, -0.25) is 4.79 Å². The molecule has 150 valence electrons. The van der Waals surface area contributed by atoms with Crippen molar-refractivity contribution in [2.45, 2.75) is 52.1 Å². The van der Waals surface area contributed by atoms with Gasteiger partial charge < -0.3 is 18.8 Å². The van der Waals surface area contributed by atoms with Gasteiger partial charge in [0.15, 0.2) is 13.2 Å². The molecule has 2 aromatic rings. The van der Waals surface area contributed by atoms with Gasteiger partial charge in [-0.15, -0.1) is 0 Å². The van der Waals surface area contributed by atoms with Gasteiger partial charge in [-0.25, -0.2) is 9.59 Å². The van der Waals surface area contributed by atoms with Crippen molar-refractivity contribution < 1.29 is 23.5 Å². The lowest BCUT2D eigenvalue weighted by Gasteiger charge is -2.38. The topological polar surface area (TPSA) is 86.0 Å². The van der Waals surface area contributed by atoms with Crippen LogP contribution in [0.15, 0.2) is 33.5 Å². The van der Waals surface area contributed by atoms with E-state index >= 15 is 0 Å². The molecule has 1 aromatic heterocycles. The smallest absolute Gasteiger partial charge is 0.344 e. The van der Waals surface area contributed by atoms with Crippen LogP contribution >= 0.6 is 0 Å². The van der Waals surface area contributed by atoms with Crippen molar-refractivity contribution in [1.29, 1.82) is 0 Å². The molecule has 1 aromatic carbocycles. The van der Waals surface area contributed by atoms with E-state index in [9.17, 15) is 14.4 Å². The maximum absolute atomic E-state index is 12.4. The molecule has 1 amide bonds. The second kappa shape index (κ2) is 8.46. The van der Waals surface area contributed by atoms with Crippen molar-refractivity contribution in [3.05, 3.63) is 40.2 Å². The Morgan fingerprint density at radius 2 is 1.86 bits per heavy atom. The van der Waals surface area contributed by atoms with Crippen LogP contribution in [-0.4, -0.2) is 42.1 Å². The summed E-state index contributed by atoms with van der Waals surface area (Å²) in [6.45, 7) is 5.22. The number of hydrogen-bond donors (Lipinski definition) is 0. The Balaban J connectivity index is 1.53. The molecule has 0 spiro atoms. The molecule has 2 heterocycles. The molecule has 7 nitrogen and oxygen atoms in total. The average molecular weight is 387 g/mol. The van der Waals surface area contributed by atoms with Crippen LogP contribution in [0.2, 0.25) is 0 Å². The second-order valence-electron chi connectivity index (χ2n) is 7.29. The summed E-state index contributed by atoms with van der Waals surface area (Å²) in [5.41, 5.74) is 0.747. The number of amides is 1. The molecule has 0 bridgehead atoms. The van der Waals surface area contributed by atoms with Gasteiger partial charge in [0.25, 0.3) is 5.91 Å². The van der Waals surface area contributed by atoms with Crippen LogP contribution in [0.3, 0.4) is 0 Å². The van der Waals surface area contributed by atoms with Crippen molar-refractivity contribution in [3.63, 3.8) is 0 Å². The second-order valence-corrected chi connectivity index (χ2v) is 7.29. The van der Waals surface area contributed by atoms with E-state index in [1.54, 1.807) is 23.1 Å². The van der Waals surface area contributed by atoms with Crippen LogP contribution in [-0.2, 0) is 14.3 Å². The first-order valence-corrected chi connectivity index (χ1v) is 9.49. The van der Waals surface area contributed by atoms with Crippen LogP contribution in [0.25, 0.3) is 11.0 Å². The van der Waals surface area contributed by atoms with Gasteiger partial charge in [0, 0.05) is 29.6 Å². The Morgan fingerprint density at radius 1 is 1.14 bits per heavy atom. The highest BCUT2D eigenvalue weighted by atomic mass is 16.6. The van der Waals surface area contributed by atoms with Crippen molar-refractivity contribution in [3.8, 4) is 5.75 Å². The minimum Gasteiger partial charge on any atom is -0.482 e. The number of nitrogens with zero attached hydrogens (tertiary/aromatic N) is 1. The van der Waals surface area contributed by atoms with Crippen LogP contribution < -0.4 is 10.4 Å². The number of ether oxygens (including phenoxy) is 2. The molecule has 7 heteroatoms. The molecule has 0 N–H and O–H groups in total. The number of esters is 1. The number of carbonyl (C=O) groups is 2. The van der Waals surface area contributed by atoms with Crippen molar-refractivity contribution >= 4 is 22.8 Å². The van der Waals surface area contributed by atoms with Crippen molar-refractivity contribution in [1.82, 2.24) is 4.90 Å². The molecule has 3 rings (SSSR count). The first-order valence-electron chi connectivity index (χ1n) is 9.49. The summed E-state index contributed by atoms with van der Waals surface area (Å²) in [6, 6.07) is 6.73. The molecular formula is C21H25NO6.